The summed E-state index contributed by atoms with van der Waals surface area (Å²) in [6.45, 7) is 3.12. The maximum absolute atomic E-state index is 12.3. The van der Waals surface area contributed by atoms with E-state index in [1.54, 1.807) is 37.5 Å². The van der Waals surface area contributed by atoms with Crippen LogP contribution in [0.4, 0.5) is 23.9 Å². The Bertz CT molecular complexity index is 720. The topological polar surface area (TPSA) is 108 Å². The van der Waals surface area contributed by atoms with Gasteiger partial charge in [0.2, 0.25) is 5.95 Å². The Labute approximate surface area is 172 Å². The van der Waals surface area contributed by atoms with E-state index in [2.05, 4.69) is 15.3 Å². The number of aliphatic carboxylic acids is 1. The normalized spacial score (nSPS) is 23.1. The highest BCUT2D eigenvalue weighted by atomic mass is 19.4. The number of carboxylic acid groups (broad SMARTS) is 1. The molecule has 0 aliphatic carbocycles. The van der Waals surface area contributed by atoms with Crippen molar-refractivity contribution in [2.75, 3.05) is 45.7 Å². The highest BCUT2D eigenvalue weighted by Crippen LogP contribution is 2.43. The van der Waals surface area contributed by atoms with Crippen LogP contribution in [0, 0.1) is 5.41 Å². The molecule has 1 aromatic heterocycles. The Morgan fingerprint density at radius 3 is 2.57 bits per heavy atom. The number of nitrogens with one attached hydrogen (secondary N) is 1. The molecule has 2 aliphatic rings. The Morgan fingerprint density at radius 1 is 1.37 bits per heavy atom. The average molecular weight is 433 g/mol. The van der Waals surface area contributed by atoms with Crippen LogP contribution in [0.3, 0.4) is 0 Å². The number of alkyl halides is 3. The number of hydrogen-bond donors (Lipinski definition) is 2. The standard InChI is InChI=1S/C16H25N5O2.C2HF3O2/c1-20(2)15(22)21-10-4-13-16(12-21,6-11-23-13)5-9-19-14-17-7-3-8-18-14;3-2(4,5)1(6)7/h3,7-8,13H,4-6,9-12H2,1-2H3,(H,17,18,19);(H,6,7)/t13-,16+;/m1./s1. The van der Waals surface area contributed by atoms with Crippen LogP contribution in [0.1, 0.15) is 19.3 Å². The predicted octanol–water partition coefficient (Wildman–Crippen LogP) is 2.07. The molecular formula is C18H26F3N5O4. The van der Waals surface area contributed by atoms with Gasteiger partial charge in [0.25, 0.3) is 0 Å². The number of rotatable bonds is 4. The number of nitrogens with zero attached hydrogens (tertiary/aromatic N) is 4. The summed E-state index contributed by atoms with van der Waals surface area (Å²) >= 11 is 0. The highest BCUT2D eigenvalue weighted by Gasteiger charge is 2.48. The third kappa shape index (κ3) is 6.18. The van der Waals surface area contributed by atoms with Crippen molar-refractivity contribution in [3.8, 4) is 0 Å². The maximum Gasteiger partial charge on any atom is 0.490 e. The van der Waals surface area contributed by atoms with Gasteiger partial charge in [-0.1, -0.05) is 0 Å². The summed E-state index contributed by atoms with van der Waals surface area (Å²) in [6.07, 6.45) is 1.51. The molecule has 0 unspecified atom stereocenters. The van der Waals surface area contributed by atoms with Crippen LogP contribution in [0.15, 0.2) is 18.5 Å². The fourth-order valence-corrected chi connectivity index (χ4v) is 3.67. The van der Waals surface area contributed by atoms with E-state index >= 15 is 0 Å². The van der Waals surface area contributed by atoms with Crippen molar-refractivity contribution in [2.24, 2.45) is 5.41 Å². The number of carboxylic acids is 1. The second kappa shape index (κ2) is 9.92. The lowest BCUT2D eigenvalue weighted by atomic mass is 9.74. The number of urea groups is 1. The Hall–Kier alpha value is -2.63. The summed E-state index contributed by atoms with van der Waals surface area (Å²) in [5.41, 5.74) is 0.0473. The van der Waals surface area contributed by atoms with E-state index < -0.39 is 12.1 Å². The van der Waals surface area contributed by atoms with Crippen molar-refractivity contribution in [2.45, 2.75) is 31.5 Å². The molecule has 9 nitrogen and oxygen atoms in total. The molecule has 0 radical (unpaired) electrons. The van der Waals surface area contributed by atoms with Crippen LogP contribution in [0.25, 0.3) is 0 Å². The van der Waals surface area contributed by atoms with Gasteiger partial charge in [-0.25, -0.2) is 19.6 Å². The smallest absolute Gasteiger partial charge is 0.475 e. The number of ether oxygens (including phenoxy) is 1. The molecule has 30 heavy (non-hydrogen) atoms. The van der Waals surface area contributed by atoms with Gasteiger partial charge in [-0.3, -0.25) is 0 Å². The first-order valence-electron chi connectivity index (χ1n) is 9.44. The number of piperidine rings is 1. The lowest BCUT2D eigenvalue weighted by Gasteiger charge is -2.44. The zero-order valence-electron chi connectivity index (χ0n) is 16.9. The van der Waals surface area contributed by atoms with Gasteiger partial charge < -0.3 is 25.0 Å². The number of halogens is 3. The number of aromatic nitrogens is 2. The van der Waals surface area contributed by atoms with E-state index in [4.69, 9.17) is 14.6 Å². The first-order valence-corrected chi connectivity index (χ1v) is 9.44. The lowest BCUT2D eigenvalue weighted by molar-refractivity contribution is -0.192. The molecule has 0 saturated carbocycles. The third-order valence-electron chi connectivity index (χ3n) is 5.14. The van der Waals surface area contributed by atoms with Gasteiger partial charge in [0, 0.05) is 58.1 Å². The molecule has 2 saturated heterocycles. The number of fused-ring (bicyclic) bond motifs is 1. The van der Waals surface area contributed by atoms with E-state index in [-0.39, 0.29) is 17.6 Å². The second-order valence-corrected chi connectivity index (χ2v) is 7.41. The summed E-state index contributed by atoms with van der Waals surface area (Å²) in [5, 5.41) is 10.4. The minimum atomic E-state index is -5.08. The molecule has 0 bridgehead atoms. The van der Waals surface area contributed by atoms with Crippen LogP contribution >= 0.6 is 0 Å². The van der Waals surface area contributed by atoms with E-state index in [0.29, 0.717) is 5.95 Å². The largest absolute Gasteiger partial charge is 0.490 e. The molecule has 1 aromatic rings. The van der Waals surface area contributed by atoms with E-state index in [1.165, 1.54) is 0 Å². The van der Waals surface area contributed by atoms with E-state index in [1.807, 2.05) is 4.90 Å². The quantitative estimate of drug-likeness (QED) is 0.748. The molecular weight excluding hydrogens is 407 g/mol. The highest BCUT2D eigenvalue weighted by molar-refractivity contribution is 5.74. The van der Waals surface area contributed by atoms with Crippen molar-refractivity contribution < 1.29 is 32.6 Å². The van der Waals surface area contributed by atoms with Crippen molar-refractivity contribution in [3.63, 3.8) is 0 Å². The van der Waals surface area contributed by atoms with Gasteiger partial charge in [-0.15, -0.1) is 0 Å². The summed E-state index contributed by atoms with van der Waals surface area (Å²) in [5.74, 6) is -2.11. The average Bonchev–Trinajstić information content (AvgIpc) is 3.11. The van der Waals surface area contributed by atoms with E-state index in [0.717, 1.165) is 45.5 Å². The van der Waals surface area contributed by atoms with Crippen molar-refractivity contribution in [1.82, 2.24) is 19.8 Å². The lowest BCUT2D eigenvalue weighted by Crippen LogP contribution is -2.54. The fraction of sp³-hybridized carbons (Fsp3) is 0.667. The molecule has 3 rings (SSSR count). The SMILES string of the molecule is CN(C)C(=O)N1CC[C@H]2OCC[C@@]2(CCNc2ncccn2)C1.O=C(O)C(F)(F)F. The fourth-order valence-electron chi connectivity index (χ4n) is 3.67. The summed E-state index contributed by atoms with van der Waals surface area (Å²) in [4.78, 5) is 33.2. The number of hydrogen-bond acceptors (Lipinski definition) is 6. The molecule has 2 aliphatic heterocycles. The molecule has 2 N–H and O–H groups in total. The van der Waals surface area contributed by atoms with Gasteiger partial charge >= 0.3 is 18.2 Å². The monoisotopic (exact) mass is 433 g/mol. The van der Waals surface area contributed by atoms with Crippen LogP contribution in [-0.2, 0) is 9.53 Å². The summed E-state index contributed by atoms with van der Waals surface area (Å²) < 4.78 is 37.7. The molecule has 0 aromatic carbocycles. The molecule has 2 fully saturated rings. The summed E-state index contributed by atoms with van der Waals surface area (Å²) in [7, 11) is 3.61. The van der Waals surface area contributed by atoms with Crippen LogP contribution in [0.2, 0.25) is 0 Å². The van der Waals surface area contributed by atoms with Gasteiger partial charge in [0.1, 0.15) is 0 Å². The van der Waals surface area contributed by atoms with Crippen molar-refractivity contribution >= 4 is 17.9 Å². The number of amides is 2. The zero-order chi connectivity index (χ0) is 22.4. The first kappa shape index (κ1) is 23.6. The first-order chi connectivity index (χ1) is 14.0. The molecule has 12 heteroatoms. The Balaban J connectivity index is 0.000000396. The second-order valence-electron chi connectivity index (χ2n) is 7.41. The number of anilines is 1. The Morgan fingerprint density at radius 2 is 2.00 bits per heavy atom. The van der Waals surface area contributed by atoms with Gasteiger partial charge in [-0.05, 0) is 25.3 Å². The Kier molecular flexibility index (Phi) is 7.82. The van der Waals surface area contributed by atoms with Gasteiger partial charge in [-0.2, -0.15) is 13.2 Å². The molecule has 0 spiro atoms. The molecule has 2 amide bonds. The number of carbonyl (C=O) groups is 2. The van der Waals surface area contributed by atoms with Crippen LogP contribution in [0.5, 0.6) is 0 Å². The summed E-state index contributed by atoms with van der Waals surface area (Å²) in [6, 6.07) is 1.89. The van der Waals surface area contributed by atoms with Crippen molar-refractivity contribution in [3.05, 3.63) is 18.5 Å². The van der Waals surface area contributed by atoms with Crippen LogP contribution in [-0.4, -0.2) is 89.5 Å². The van der Waals surface area contributed by atoms with Gasteiger partial charge in [0.15, 0.2) is 0 Å². The minimum absolute atomic E-state index is 0.0473. The third-order valence-corrected chi connectivity index (χ3v) is 5.14. The molecule has 168 valence electrons. The maximum atomic E-state index is 12.3. The number of carbonyl (C=O) groups excluding carboxylic acids is 1. The van der Waals surface area contributed by atoms with Gasteiger partial charge in [0.05, 0.1) is 6.10 Å². The zero-order valence-corrected chi connectivity index (χ0v) is 16.9. The predicted molar refractivity (Wildman–Crippen MR) is 101 cm³/mol. The minimum Gasteiger partial charge on any atom is -0.475 e. The van der Waals surface area contributed by atoms with E-state index in [9.17, 15) is 18.0 Å². The molecule has 2 atom stereocenters. The molecule has 3 heterocycles. The number of likely N-dealkylation sites (tertiary alicyclic amines) is 1. The van der Waals surface area contributed by atoms with Crippen molar-refractivity contribution in [1.29, 1.82) is 0 Å². The van der Waals surface area contributed by atoms with Crippen LogP contribution < -0.4 is 5.32 Å².